The Bertz CT molecular complexity index is 2190. The maximum atomic E-state index is 13.7. The fourth-order valence-electron chi connectivity index (χ4n) is 6.70. The van der Waals surface area contributed by atoms with Gasteiger partial charge in [-0.25, -0.2) is 9.59 Å². The highest BCUT2D eigenvalue weighted by Crippen LogP contribution is 2.31. The quantitative estimate of drug-likeness (QED) is 0.0491. The monoisotopic (exact) mass is 639 g/mol. The molecule has 9 heteroatoms. The Morgan fingerprint density at radius 3 is 2.27 bits per heavy atom. The molecular weight excluding hydrogens is 606 g/mol. The number of H-pyrrole nitrogens is 1. The number of likely N-dealkylation sites (tertiary alicyclic amines) is 1. The molecule has 0 unspecified atom stereocenters. The molecule has 0 bridgehead atoms. The first-order valence-corrected chi connectivity index (χ1v) is 16.0. The number of carbonyl (C=O) groups excluding carboxylic acids is 4. The average molecular weight is 640 g/mol. The summed E-state index contributed by atoms with van der Waals surface area (Å²) in [7, 11) is 1.13. The lowest BCUT2D eigenvalue weighted by atomic mass is 9.85. The van der Waals surface area contributed by atoms with Gasteiger partial charge < -0.3 is 14.6 Å². The second kappa shape index (κ2) is 13.1. The smallest absolute Gasteiger partial charge is 0.435 e. The van der Waals surface area contributed by atoms with E-state index in [1.54, 1.807) is 30.3 Å². The van der Waals surface area contributed by atoms with Crippen LogP contribution in [0.4, 0.5) is 4.79 Å². The maximum absolute atomic E-state index is 13.7. The predicted molar refractivity (Wildman–Crippen MR) is 184 cm³/mol. The molecule has 1 saturated heterocycles. The van der Waals surface area contributed by atoms with E-state index in [1.807, 2.05) is 48.5 Å². The highest BCUT2D eigenvalue weighted by molar-refractivity contribution is 6.67. The number of oxime groups is 1. The van der Waals surface area contributed by atoms with Crippen molar-refractivity contribution in [1.82, 2.24) is 9.88 Å². The fourth-order valence-corrected chi connectivity index (χ4v) is 6.70. The number of hydrogen-bond donors (Lipinski definition) is 1. The predicted octanol–water partition coefficient (Wildman–Crippen LogP) is 7.54. The largest absolute Gasteiger partial charge is 0.464 e. The summed E-state index contributed by atoms with van der Waals surface area (Å²) in [6.45, 7) is 0.980. The molecule has 9 nitrogen and oxygen atoms in total. The number of esters is 1. The van der Waals surface area contributed by atoms with Gasteiger partial charge in [-0.3, -0.25) is 14.4 Å². The van der Waals surface area contributed by atoms with Crippen LogP contribution in [-0.2, 0) is 14.4 Å². The van der Waals surface area contributed by atoms with E-state index in [0.29, 0.717) is 35.5 Å². The van der Waals surface area contributed by atoms with E-state index < -0.39 is 23.6 Å². The molecule has 4 aromatic carbocycles. The van der Waals surface area contributed by atoms with Gasteiger partial charge in [0.15, 0.2) is 5.78 Å². The third-order valence-electron chi connectivity index (χ3n) is 9.29. The Hall–Kier alpha value is -5.83. The Morgan fingerprint density at radius 1 is 0.833 bits per heavy atom. The van der Waals surface area contributed by atoms with Gasteiger partial charge >= 0.3 is 12.1 Å². The highest BCUT2D eigenvalue weighted by Gasteiger charge is 2.29. The number of Topliss-reactive ketones (excluding diaryl/α,β-unsaturated/α-hetero) is 1. The molecule has 0 atom stereocenters. The Labute approximate surface area is 276 Å². The standard InChI is InChI=1S/C39H33N3O6/c1-47-38(45)35(41-48-39(46)42-20-18-25(19-21-42)24-8-3-2-4-9-24)37(44)28-15-17-34-32(23-28)31-22-27(14-16-33(31)40-34)36(43)30-13-7-11-26-10-5-6-12-29(26)30/h2-3,5-8,10-17,22-23,25,40H,4,9,18-21H2,1H3/b41-35-. The normalized spacial score (nSPS) is 15.5. The summed E-state index contributed by atoms with van der Waals surface area (Å²) in [5.74, 6) is -1.48. The average Bonchev–Trinajstić information content (AvgIpc) is 3.51. The van der Waals surface area contributed by atoms with Crippen LogP contribution in [0.1, 0.15) is 52.0 Å². The number of piperidine rings is 1. The van der Waals surface area contributed by atoms with E-state index in [4.69, 9.17) is 9.57 Å². The number of aromatic nitrogens is 1. The van der Waals surface area contributed by atoms with Crippen molar-refractivity contribution in [2.75, 3.05) is 20.2 Å². The molecule has 5 aromatic rings. The molecule has 2 aliphatic rings. The second-order valence-electron chi connectivity index (χ2n) is 12.1. The number of ether oxygens (including phenoxy) is 1. The summed E-state index contributed by atoms with van der Waals surface area (Å²) in [5.41, 5.74) is 3.51. The van der Waals surface area contributed by atoms with Crippen molar-refractivity contribution in [3.8, 4) is 0 Å². The molecule has 240 valence electrons. The van der Waals surface area contributed by atoms with Crippen molar-refractivity contribution in [1.29, 1.82) is 0 Å². The molecule has 0 spiro atoms. The van der Waals surface area contributed by atoms with Crippen molar-refractivity contribution < 1.29 is 28.8 Å². The van der Waals surface area contributed by atoms with Crippen LogP contribution in [0.5, 0.6) is 0 Å². The summed E-state index contributed by atoms with van der Waals surface area (Å²) >= 11 is 0. The number of methoxy groups -OCH3 is 1. The van der Waals surface area contributed by atoms with Gasteiger partial charge in [0.05, 0.1) is 7.11 Å². The fraction of sp³-hybridized carbons (Fsp3) is 0.205. The summed E-state index contributed by atoms with van der Waals surface area (Å²) in [6, 6.07) is 23.7. The van der Waals surface area contributed by atoms with Crippen molar-refractivity contribution in [2.24, 2.45) is 11.1 Å². The molecule has 2 heterocycles. The van der Waals surface area contributed by atoms with E-state index in [1.165, 1.54) is 10.5 Å². The first-order chi connectivity index (χ1) is 23.4. The molecule has 1 aliphatic heterocycles. The minimum Gasteiger partial charge on any atom is -0.464 e. The zero-order chi connectivity index (χ0) is 33.2. The minimum absolute atomic E-state index is 0.121. The van der Waals surface area contributed by atoms with Crippen LogP contribution in [0.3, 0.4) is 0 Å². The number of fused-ring (bicyclic) bond motifs is 4. The van der Waals surface area contributed by atoms with Gasteiger partial charge in [0.25, 0.3) is 0 Å². The van der Waals surface area contributed by atoms with Gasteiger partial charge in [-0.15, -0.1) is 0 Å². The lowest BCUT2D eigenvalue weighted by molar-refractivity contribution is -0.132. The highest BCUT2D eigenvalue weighted by atomic mass is 16.7. The topological polar surface area (TPSA) is 118 Å². The molecule has 1 aliphatic carbocycles. The molecule has 0 radical (unpaired) electrons. The molecule has 7 rings (SSSR count). The number of hydrogen-bond acceptors (Lipinski definition) is 7. The molecule has 0 saturated carbocycles. The number of nitrogens with zero attached hydrogens (tertiary/aromatic N) is 2. The van der Waals surface area contributed by atoms with Gasteiger partial charge in [0, 0.05) is 51.6 Å². The van der Waals surface area contributed by atoms with Crippen LogP contribution >= 0.6 is 0 Å². The van der Waals surface area contributed by atoms with Gasteiger partial charge in [-0.05, 0) is 78.8 Å². The Kier molecular flexibility index (Phi) is 8.42. The van der Waals surface area contributed by atoms with Crippen molar-refractivity contribution in [3.05, 3.63) is 119 Å². The third kappa shape index (κ3) is 5.90. The van der Waals surface area contributed by atoms with Crippen molar-refractivity contribution in [3.63, 3.8) is 0 Å². The number of rotatable bonds is 7. The van der Waals surface area contributed by atoms with Crippen LogP contribution in [0.25, 0.3) is 32.6 Å². The number of aromatic amines is 1. The summed E-state index contributed by atoms with van der Waals surface area (Å²) in [4.78, 5) is 62.8. The van der Waals surface area contributed by atoms with Crippen molar-refractivity contribution >= 4 is 61.9 Å². The molecule has 1 aromatic heterocycles. The lowest BCUT2D eigenvalue weighted by Gasteiger charge is -2.32. The van der Waals surface area contributed by atoms with Gasteiger partial charge in [-0.2, -0.15) is 0 Å². The SMILES string of the molecule is COC(=O)/C(=N\OC(=O)N1CCC(C2=CC=CCC2)CC1)C(=O)c1ccc2[nH]c3ccc(C(=O)c4cccc5ccccc45)cc3c2c1. The van der Waals surface area contributed by atoms with E-state index in [0.717, 1.165) is 60.0 Å². The Balaban J connectivity index is 1.13. The summed E-state index contributed by atoms with van der Waals surface area (Å²) < 4.78 is 4.82. The van der Waals surface area contributed by atoms with E-state index in [2.05, 4.69) is 28.4 Å². The van der Waals surface area contributed by atoms with Crippen LogP contribution < -0.4 is 0 Å². The second-order valence-corrected chi connectivity index (χ2v) is 12.1. The first kappa shape index (κ1) is 30.8. The zero-order valence-electron chi connectivity index (χ0n) is 26.4. The number of ketones is 2. The zero-order valence-corrected chi connectivity index (χ0v) is 26.4. The van der Waals surface area contributed by atoms with Crippen molar-refractivity contribution in [2.45, 2.75) is 25.7 Å². The number of benzene rings is 4. The number of carbonyl (C=O) groups is 4. The van der Waals surface area contributed by atoms with Gasteiger partial charge in [0.2, 0.25) is 11.5 Å². The molecule has 48 heavy (non-hydrogen) atoms. The number of amides is 1. The molecule has 1 amide bonds. The van der Waals surface area contributed by atoms with Gasteiger partial charge in [0.1, 0.15) is 0 Å². The first-order valence-electron chi connectivity index (χ1n) is 16.0. The van der Waals surface area contributed by atoms with Crippen LogP contribution in [0.2, 0.25) is 0 Å². The van der Waals surface area contributed by atoms with E-state index >= 15 is 0 Å². The number of allylic oxidation sites excluding steroid dienone is 4. The molecule has 1 fully saturated rings. The lowest BCUT2D eigenvalue weighted by Crippen LogP contribution is -2.39. The van der Waals surface area contributed by atoms with E-state index in [9.17, 15) is 19.2 Å². The van der Waals surface area contributed by atoms with Crippen LogP contribution in [-0.4, -0.2) is 59.4 Å². The van der Waals surface area contributed by atoms with E-state index in [-0.39, 0.29) is 11.3 Å². The maximum Gasteiger partial charge on any atom is 0.435 e. The summed E-state index contributed by atoms with van der Waals surface area (Å²) in [6.07, 6.45) is 9.36. The van der Waals surface area contributed by atoms with Gasteiger partial charge in [-0.1, -0.05) is 71.4 Å². The van der Waals surface area contributed by atoms with Crippen LogP contribution in [0.15, 0.2) is 108 Å². The molecule has 1 N–H and O–H groups in total. The summed E-state index contributed by atoms with van der Waals surface area (Å²) in [5, 5.41) is 6.96. The third-order valence-corrected chi connectivity index (χ3v) is 9.29. The van der Waals surface area contributed by atoms with Crippen LogP contribution in [0, 0.1) is 5.92 Å². The minimum atomic E-state index is -1.02. The molecular formula is C39H33N3O6. The number of nitrogens with one attached hydrogen (secondary N) is 1. The Morgan fingerprint density at radius 2 is 1.54 bits per heavy atom.